The Kier molecular flexibility index (Phi) is 11.0. The third kappa shape index (κ3) is 10.9. The highest BCUT2D eigenvalue weighted by Gasteiger charge is 2.18. The van der Waals surface area contributed by atoms with Gasteiger partial charge in [0.1, 0.15) is 0 Å². The Morgan fingerprint density at radius 1 is 0.938 bits per heavy atom. The van der Waals surface area contributed by atoms with Crippen LogP contribution in [0.4, 0.5) is 0 Å². The van der Waals surface area contributed by atoms with Gasteiger partial charge in [0.15, 0.2) is 12.2 Å². The van der Waals surface area contributed by atoms with E-state index >= 15 is 0 Å². The molecule has 0 aliphatic carbocycles. The van der Waals surface area contributed by atoms with Gasteiger partial charge in [-0.15, -0.1) is 0 Å². The molecule has 4 heteroatoms. The van der Waals surface area contributed by atoms with Crippen LogP contribution >= 0.6 is 8.25 Å². The fourth-order valence-corrected chi connectivity index (χ4v) is 1.11. The van der Waals surface area contributed by atoms with Crippen molar-refractivity contribution in [2.24, 2.45) is 0 Å². The summed E-state index contributed by atoms with van der Waals surface area (Å²) in [4.78, 5) is 0. The van der Waals surface area contributed by atoms with E-state index in [-0.39, 0.29) is 0 Å². The molecule has 0 unspecified atom stereocenters. The maximum absolute atomic E-state index is 11.0. The first-order valence-electron chi connectivity index (χ1n) is 5.58. The van der Waals surface area contributed by atoms with Crippen LogP contribution < -0.4 is 0 Å². The van der Waals surface area contributed by atoms with Gasteiger partial charge in [-0.3, -0.25) is 0 Å². The standard InChI is InChI=1S/C12H18O3P/c1-3-5-7-9-11-14-16(13)15-12-10-8-6-4-2/h3-8H2,1-2H3/q+1. The van der Waals surface area contributed by atoms with Gasteiger partial charge in [-0.05, 0) is 12.8 Å². The maximum Gasteiger partial charge on any atom is 0.823 e. The summed E-state index contributed by atoms with van der Waals surface area (Å²) in [5.41, 5.74) is 0. The average molecular weight is 241 g/mol. The number of unbranched alkanes of at least 4 members (excludes halogenated alkanes) is 4. The fourth-order valence-electron chi connectivity index (χ4n) is 0.790. The summed E-state index contributed by atoms with van der Waals surface area (Å²) in [6, 6.07) is 0. The molecule has 0 spiro atoms. The van der Waals surface area contributed by atoms with Crippen molar-refractivity contribution in [3.63, 3.8) is 0 Å². The quantitative estimate of drug-likeness (QED) is 0.401. The molecule has 88 valence electrons. The summed E-state index contributed by atoms with van der Waals surface area (Å²) >= 11 is 0. The van der Waals surface area contributed by atoms with Gasteiger partial charge in [-0.1, -0.05) is 38.5 Å². The van der Waals surface area contributed by atoms with Crippen molar-refractivity contribution in [2.45, 2.75) is 52.4 Å². The van der Waals surface area contributed by atoms with Crippen LogP contribution in [0.5, 0.6) is 0 Å². The Bertz CT molecular complexity index is 274. The van der Waals surface area contributed by atoms with Gasteiger partial charge in [-0.2, -0.15) is 9.05 Å². The molecule has 0 aliphatic rings. The van der Waals surface area contributed by atoms with Crippen molar-refractivity contribution >= 4 is 8.25 Å². The third-order valence-electron chi connectivity index (χ3n) is 1.70. The Hall–Kier alpha value is -1.18. The molecule has 0 aromatic carbocycles. The van der Waals surface area contributed by atoms with E-state index in [0.29, 0.717) is 0 Å². The average Bonchev–Trinajstić information content (AvgIpc) is 2.28. The SMILES string of the molecule is CCCCC#CO[P+](=O)OC#CCCCC. The summed E-state index contributed by atoms with van der Waals surface area (Å²) in [7, 11) is -2.22. The molecule has 0 aliphatic heterocycles. The van der Waals surface area contributed by atoms with Crippen LogP contribution in [0, 0.1) is 24.1 Å². The minimum Gasteiger partial charge on any atom is -0.165 e. The predicted octanol–water partition coefficient (Wildman–Crippen LogP) is 3.98. The lowest BCUT2D eigenvalue weighted by atomic mass is 10.3. The maximum atomic E-state index is 11.0. The van der Waals surface area contributed by atoms with Crippen LogP contribution in [0.15, 0.2) is 0 Å². The largest absolute Gasteiger partial charge is 0.823 e. The molecule has 3 nitrogen and oxygen atoms in total. The predicted molar refractivity (Wildman–Crippen MR) is 64.4 cm³/mol. The van der Waals surface area contributed by atoms with Crippen molar-refractivity contribution in [1.29, 1.82) is 0 Å². The van der Waals surface area contributed by atoms with Crippen molar-refractivity contribution < 1.29 is 13.6 Å². The van der Waals surface area contributed by atoms with E-state index in [1.54, 1.807) is 0 Å². The van der Waals surface area contributed by atoms with Crippen LogP contribution in [0.1, 0.15) is 52.4 Å². The molecule has 0 fully saturated rings. The van der Waals surface area contributed by atoms with E-state index in [0.717, 1.165) is 38.5 Å². The summed E-state index contributed by atoms with van der Waals surface area (Å²) in [5.74, 6) is 5.49. The van der Waals surface area contributed by atoms with Gasteiger partial charge in [0.05, 0.1) is 0 Å². The zero-order valence-corrected chi connectivity index (χ0v) is 10.8. The smallest absolute Gasteiger partial charge is 0.165 e. The lowest BCUT2D eigenvalue weighted by Gasteiger charge is -1.81. The first-order valence-corrected chi connectivity index (χ1v) is 6.67. The molecule has 0 bridgehead atoms. The highest BCUT2D eigenvalue weighted by Crippen LogP contribution is 2.21. The Morgan fingerprint density at radius 2 is 1.38 bits per heavy atom. The van der Waals surface area contributed by atoms with Crippen LogP contribution in [-0.2, 0) is 13.6 Å². The summed E-state index contributed by atoms with van der Waals surface area (Å²) < 4.78 is 20.2. The zero-order valence-electron chi connectivity index (χ0n) is 9.91. The second kappa shape index (κ2) is 11.9. The first kappa shape index (κ1) is 14.8. The normalized spacial score (nSPS) is 8.12. The van der Waals surface area contributed by atoms with Gasteiger partial charge in [-0.25, -0.2) is 0 Å². The summed E-state index contributed by atoms with van der Waals surface area (Å²) in [6.07, 6.45) is 10.4. The molecular weight excluding hydrogens is 223 g/mol. The lowest BCUT2D eigenvalue weighted by molar-refractivity contribution is 0.383. The van der Waals surface area contributed by atoms with Gasteiger partial charge < -0.3 is 0 Å². The van der Waals surface area contributed by atoms with E-state index in [2.05, 4.69) is 46.9 Å². The number of rotatable bonds is 6. The molecule has 0 rings (SSSR count). The molecule has 0 aromatic rings. The van der Waals surface area contributed by atoms with E-state index in [1.807, 2.05) is 0 Å². The molecule has 0 heterocycles. The van der Waals surface area contributed by atoms with Crippen LogP contribution in [0.25, 0.3) is 0 Å². The van der Waals surface area contributed by atoms with Crippen molar-refractivity contribution in [1.82, 2.24) is 0 Å². The number of hydrogen-bond acceptors (Lipinski definition) is 3. The van der Waals surface area contributed by atoms with Crippen LogP contribution in [0.3, 0.4) is 0 Å². The molecule has 0 N–H and O–H groups in total. The Morgan fingerprint density at radius 3 is 1.75 bits per heavy atom. The first-order chi connectivity index (χ1) is 7.81. The Labute approximate surface area is 98.9 Å². The topological polar surface area (TPSA) is 35.5 Å². The van der Waals surface area contributed by atoms with Gasteiger partial charge in [0, 0.05) is 17.4 Å². The molecule has 0 saturated heterocycles. The van der Waals surface area contributed by atoms with E-state index < -0.39 is 8.25 Å². The van der Waals surface area contributed by atoms with E-state index in [4.69, 9.17) is 0 Å². The molecule has 0 aromatic heterocycles. The number of hydrogen-bond donors (Lipinski definition) is 0. The second-order valence-electron chi connectivity index (χ2n) is 3.17. The molecule has 16 heavy (non-hydrogen) atoms. The van der Waals surface area contributed by atoms with E-state index in [9.17, 15) is 4.57 Å². The third-order valence-corrected chi connectivity index (χ3v) is 2.18. The van der Waals surface area contributed by atoms with Gasteiger partial charge >= 0.3 is 8.25 Å². The minimum absolute atomic E-state index is 0.752. The van der Waals surface area contributed by atoms with Crippen LogP contribution in [0.2, 0.25) is 0 Å². The highest BCUT2D eigenvalue weighted by atomic mass is 31.1. The molecule has 0 atom stereocenters. The zero-order chi connectivity index (χ0) is 12.1. The summed E-state index contributed by atoms with van der Waals surface area (Å²) in [5, 5.41) is 0. The molecule has 0 saturated carbocycles. The molecular formula is C12H18O3P+. The fraction of sp³-hybridized carbons (Fsp3) is 0.667. The highest BCUT2D eigenvalue weighted by molar-refractivity contribution is 7.33. The monoisotopic (exact) mass is 241 g/mol. The molecule has 0 amide bonds. The summed E-state index contributed by atoms with van der Waals surface area (Å²) in [6.45, 7) is 4.16. The Balaban J connectivity index is 3.55. The minimum atomic E-state index is -2.22. The second-order valence-corrected chi connectivity index (χ2v) is 3.98. The molecule has 0 radical (unpaired) electrons. The van der Waals surface area contributed by atoms with Crippen molar-refractivity contribution in [3.8, 4) is 24.1 Å². The van der Waals surface area contributed by atoms with Crippen LogP contribution in [-0.4, -0.2) is 0 Å². The van der Waals surface area contributed by atoms with Gasteiger partial charge in [0.2, 0.25) is 0 Å². The van der Waals surface area contributed by atoms with Gasteiger partial charge in [0.25, 0.3) is 0 Å². The van der Waals surface area contributed by atoms with Crippen molar-refractivity contribution in [3.05, 3.63) is 0 Å². The lowest BCUT2D eigenvalue weighted by Crippen LogP contribution is -1.73. The van der Waals surface area contributed by atoms with Crippen molar-refractivity contribution in [2.75, 3.05) is 0 Å². The van der Waals surface area contributed by atoms with E-state index in [1.165, 1.54) is 0 Å².